The fourth-order valence-corrected chi connectivity index (χ4v) is 3.28. The first-order valence-corrected chi connectivity index (χ1v) is 7.23. The van der Waals surface area contributed by atoms with Crippen molar-refractivity contribution in [1.29, 1.82) is 0 Å². The summed E-state index contributed by atoms with van der Waals surface area (Å²) in [5.41, 5.74) is 0.344. The lowest BCUT2D eigenvalue weighted by Gasteiger charge is -2.42. The Labute approximate surface area is 110 Å². The van der Waals surface area contributed by atoms with Gasteiger partial charge in [-0.3, -0.25) is 4.79 Å². The molecule has 2 N–H and O–H groups in total. The minimum Gasteiger partial charge on any atom is -0.355 e. The largest absolute Gasteiger partial charge is 0.355 e. The molecule has 0 bridgehead atoms. The van der Waals surface area contributed by atoms with Crippen LogP contribution in [-0.2, 0) is 4.79 Å². The number of hydrogen-bond acceptors (Lipinski definition) is 3. The van der Waals surface area contributed by atoms with Crippen molar-refractivity contribution in [1.82, 2.24) is 15.5 Å². The van der Waals surface area contributed by atoms with Crippen LogP contribution in [0.15, 0.2) is 0 Å². The molecule has 1 aliphatic heterocycles. The Kier molecular flexibility index (Phi) is 4.62. The fourth-order valence-electron chi connectivity index (χ4n) is 3.28. The van der Waals surface area contributed by atoms with Crippen LogP contribution in [0.3, 0.4) is 0 Å². The number of amides is 1. The van der Waals surface area contributed by atoms with E-state index in [2.05, 4.69) is 22.6 Å². The molecule has 0 aromatic heterocycles. The van der Waals surface area contributed by atoms with Gasteiger partial charge in [0, 0.05) is 31.5 Å². The molecule has 1 saturated heterocycles. The maximum absolute atomic E-state index is 11.9. The summed E-state index contributed by atoms with van der Waals surface area (Å²) in [5.74, 6) is 0.814. The van der Waals surface area contributed by atoms with E-state index in [1.54, 1.807) is 0 Å². The molecule has 4 nitrogen and oxygen atoms in total. The van der Waals surface area contributed by atoms with Crippen LogP contribution in [0.25, 0.3) is 0 Å². The van der Waals surface area contributed by atoms with E-state index in [0.29, 0.717) is 17.8 Å². The highest BCUT2D eigenvalue weighted by Gasteiger charge is 2.36. The quantitative estimate of drug-likeness (QED) is 0.737. The van der Waals surface area contributed by atoms with Gasteiger partial charge in [0.2, 0.25) is 5.91 Å². The molecular formula is C14H27N3O. The van der Waals surface area contributed by atoms with Crippen molar-refractivity contribution in [2.24, 2.45) is 11.3 Å². The number of rotatable bonds is 6. The average molecular weight is 253 g/mol. The van der Waals surface area contributed by atoms with Crippen molar-refractivity contribution in [3.05, 3.63) is 0 Å². The van der Waals surface area contributed by atoms with Gasteiger partial charge in [0.05, 0.1) is 0 Å². The summed E-state index contributed by atoms with van der Waals surface area (Å²) in [6.07, 6.45) is 5.69. The normalized spacial score (nSPS) is 26.9. The third kappa shape index (κ3) is 3.45. The molecule has 1 unspecified atom stereocenters. The molecule has 2 rings (SSSR count). The van der Waals surface area contributed by atoms with E-state index >= 15 is 0 Å². The molecule has 0 spiro atoms. The highest BCUT2D eigenvalue weighted by molar-refractivity contribution is 5.76. The van der Waals surface area contributed by atoms with E-state index < -0.39 is 0 Å². The Balaban J connectivity index is 1.68. The van der Waals surface area contributed by atoms with Crippen molar-refractivity contribution in [3.8, 4) is 0 Å². The van der Waals surface area contributed by atoms with Gasteiger partial charge in [0.15, 0.2) is 0 Å². The van der Waals surface area contributed by atoms with Gasteiger partial charge in [-0.05, 0) is 45.8 Å². The molecule has 1 atom stereocenters. The van der Waals surface area contributed by atoms with Crippen LogP contribution in [0.5, 0.6) is 0 Å². The summed E-state index contributed by atoms with van der Waals surface area (Å²) in [6, 6.07) is 0. The first kappa shape index (κ1) is 13.8. The Morgan fingerprint density at radius 1 is 1.39 bits per heavy atom. The number of hydrogen-bond donors (Lipinski definition) is 2. The summed E-state index contributed by atoms with van der Waals surface area (Å²) < 4.78 is 0. The molecule has 1 amide bonds. The summed E-state index contributed by atoms with van der Waals surface area (Å²) in [4.78, 5) is 14.3. The lowest BCUT2D eigenvalue weighted by Crippen LogP contribution is -2.47. The van der Waals surface area contributed by atoms with E-state index in [1.807, 2.05) is 7.05 Å². The maximum atomic E-state index is 11.9. The summed E-state index contributed by atoms with van der Waals surface area (Å²) in [6.45, 7) is 4.10. The third-order valence-electron chi connectivity index (χ3n) is 4.59. The van der Waals surface area contributed by atoms with Crippen LogP contribution < -0.4 is 10.6 Å². The average Bonchev–Trinajstić information content (AvgIpc) is 2.67. The zero-order valence-corrected chi connectivity index (χ0v) is 11.8. The number of likely N-dealkylation sites (tertiary alicyclic amines) is 1. The van der Waals surface area contributed by atoms with Crippen molar-refractivity contribution < 1.29 is 4.79 Å². The Hall–Kier alpha value is -0.610. The summed E-state index contributed by atoms with van der Waals surface area (Å²) in [7, 11) is 4.13. The van der Waals surface area contributed by atoms with Crippen LogP contribution in [0, 0.1) is 11.3 Å². The predicted octanol–water partition coefficient (Wildman–Crippen LogP) is 0.834. The topological polar surface area (TPSA) is 44.4 Å². The maximum Gasteiger partial charge on any atom is 0.220 e. The number of carbonyl (C=O) groups is 1. The molecule has 2 aliphatic rings. The summed E-state index contributed by atoms with van der Waals surface area (Å²) >= 11 is 0. The van der Waals surface area contributed by atoms with Crippen LogP contribution >= 0.6 is 0 Å². The van der Waals surface area contributed by atoms with Gasteiger partial charge in [-0.25, -0.2) is 0 Å². The zero-order valence-electron chi connectivity index (χ0n) is 11.8. The third-order valence-corrected chi connectivity index (χ3v) is 4.59. The molecule has 104 valence electrons. The van der Waals surface area contributed by atoms with E-state index in [4.69, 9.17) is 0 Å². The van der Waals surface area contributed by atoms with Gasteiger partial charge < -0.3 is 15.5 Å². The molecule has 2 fully saturated rings. The van der Waals surface area contributed by atoms with E-state index in [1.165, 1.54) is 25.7 Å². The first-order chi connectivity index (χ1) is 8.63. The van der Waals surface area contributed by atoms with E-state index in [0.717, 1.165) is 26.2 Å². The van der Waals surface area contributed by atoms with Crippen LogP contribution in [0.2, 0.25) is 0 Å². The molecule has 1 saturated carbocycles. The molecule has 0 radical (unpaired) electrons. The Bertz CT molecular complexity index is 289. The van der Waals surface area contributed by atoms with E-state index in [9.17, 15) is 4.79 Å². The van der Waals surface area contributed by atoms with Crippen molar-refractivity contribution >= 4 is 5.91 Å². The zero-order chi connectivity index (χ0) is 13.0. The number of carbonyl (C=O) groups excluding carboxylic acids is 1. The van der Waals surface area contributed by atoms with Crippen molar-refractivity contribution in [3.63, 3.8) is 0 Å². The van der Waals surface area contributed by atoms with Gasteiger partial charge in [-0.2, -0.15) is 0 Å². The lowest BCUT2D eigenvalue weighted by molar-refractivity contribution is -0.122. The predicted molar refractivity (Wildman–Crippen MR) is 73.4 cm³/mol. The van der Waals surface area contributed by atoms with E-state index in [-0.39, 0.29) is 5.91 Å². The second-order valence-electron chi connectivity index (χ2n) is 6.28. The molecule has 1 aliphatic carbocycles. The molecule has 18 heavy (non-hydrogen) atoms. The molecule has 0 aromatic carbocycles. The SMILES string of the molecule is CNCC1(CNC(=O)CC2CCN(C)C2)CCC1. The Morgan fingerprint density at radius 3 is 2.67 bits per heavy atom. The second-order valence-corrected chi connectivity index (χ2v) is 6.28. The van der Waals surface area contributed by atoms with Gasteiger partial charge in [-0.15, -0.1) is 0 Å². The van der Waals surface area contributed by atoms with Crippen LogP contribution in [0.1, 0.15) is 32.1 Å². The van der Waals surface area contributed by atoms with Crippen LogP contribution in [-0.4, -0.2) is 51.1 Å². The molecular weight excluding hydrogens is 226 g/mol. The molecule has 0 aromatic rings. The standard InChI is InChI=1S/C14H27N3O/c1-15-10-14(5-3-6-14)11-16-13(18)8-12-4-7-17(2)9-12/h12,15H,3-11H2,1-2H3,(H,16,18). The Morgan fingerprint density at radius 2 is 2.17 bits per heavy atom. The van der Waals surface area contributed by atoms with Crippen molar-refractivity contribution in [2.75, 3.05) is 40.3 Å². The molecule has 1 heterocycles. The van der Waals surface area contributed by atoms with Gasteiger partial charge in [0.1, 0.15) is 0 Å². The molecule has 4 heteroatoms. The van der Waals surface area contributed by atoms with Gasteiger partial charge in [0.25, 0.3) is 0 Å². The number of nitrogens with one attached hydrogen (secondary N) is 2. The minimum atomic E-state index is 0.248. The van der Waals surface area contributed by atoms with Gasteiger partial charge in [-0.1, -0.05) is 6.42 Å². The number of nitrogens with zero attached hydrogens (tertiary/aromatic N) is 1. The smallest absolute Gasteiger partial charge is 0.220 e. The second kappa shape index (κ2) is 6.02. The fraction of sp³-hybridized carbons (Fsp3) is 0.929. The lowest BCUT2D eigenvalue weighted by atomic mass is 9.68. The minimum absolute atomic E-state index is 0.248. The highest BCUT2D eigenvalue weighted by Crippen LogP contribution is 2.39. The van der Waals surface area contributed by atoms with Crippen LogP contribution in [0.4, 0.5) is 0 Å². The summed E-state index contributed by atoms with van der Waals surface area (Å²) in [5, 5.41) is 6.41. The monoisotopic (exact) mass is 253 g/mol. The highest BCUT2D eigenvalue weighted by atomic mass is 16.1. The first-order valence-electron chi connectivity index (χ1n) is 7.23. The van der Waals surface area contributed by atoms with Gasteiger partial charge >= 0.3 is 0 Å². The van der Waals surface area contributed by atoms with Crippen molar-refractivity contribution in [2.45, 2.75) is 32.1 Å².